The highest BCUT2D eigenvalue weighted by atomic mass is 32.2. The monoisotopic (exact) mass is 351 g/mol. The Kier molecular flexibility index (Phi) is 5.22. The Bertz CT molecular complexity index is 691. The molecule has 2 saturated heterocycles. The number of nitrogens with zero attached hydrogens (tertiary/aromatic N) is 1. The van der Waals surface area contributed by atoms with E-state index in [0.717, 1.165) is 25.1 Å². The fraction of sp³-hybridized carbons (Fsp3) is 0.588. The van der Waals surface area contributed by atoms with Gasteiger partial charge in [0.05, 0.1) is 6.26 Å². The minimum Gasteiger partial charge on any atom is -0.339 e. The van der Waals surface area contributed by atoms with Crippen LogP contribution in [0.5, 0.6) is 0 Å². The van der Waals surface area contributed by atoms with Crippen LogP contribution in [0.25, 0.3) is 0 Å². The first-order valence-electron chi connectivity index (χ1n) is 8.49. The lowest BCUT2D eigenvalue weighted by molar-refractivity contribution is 0.0711. The standard InChI is InChI=1S/C17H25N3O3S/c1-24(22,23)19-16-6-9-20(10-7-16)17(21)14-4-2-3-13(11-14)15-5-8-18-12-15/h2-4,11,15-16,18-19H,5-10,12H2,1H3. The minimum atomic E-state index is -3.19. The van der Waals surface area contributed by atoms with Crippen LogP contribution in [-0.2, 0) is 10.0 Å². The Morgan fingerprint density at radius 3 is 2.62 bits per heavy atom. The summed E-state index contributed by atoms with van der Waals surface area (Å²) >= 11 is 0. The fourth-order valence-electron chi connectivity index (χ4n) is 3.55. The van der Waals surface area contributed by atoms with Crippen LogP contribution in [0.2, 0.25) is 0 Å². The second-order valence-corrected chi connectivity index (χ2v) is 8.55. The van der Waals surface area contributed by atoms with Gasteiger partial charge in [0.1, 0.15) is 0 Å². The van der Waals surface area contributed by atoms with Crippen molar-refractivity contribution in [3.05, 3.63) is 35.4 Å². The molecule has 6 nitrogen and oxygen atoms in total. The highest BCUT2D eigenvalue weighted by molar-refractivity contribution is 7.88. The zero-order valence-corrected chi connectivity index (χ0v) is 14.8. The largest absolute Gasteiger partial charge is 0.339 e. The predicted molar refractivity (Wildman–Crippen MR) is 93.6 cm³/mol. The fourth-order valence-corrected chi connectivity index (χ4v) is 4.39. The van der Waals surface area contributed by atoms with Gasteiger partial charge >= 0.3 is 0 Å². The van der Waals surface area contributed by atoms with Crippen LogP contribution in [-0.4, -0.2) is 57.7 Å². The predicted octanol–water partition coefficient (Wildman–Crippen LogP) is 0.917. The van der Waals surface area contributed by atoms with E-state index in [-0.39, 0.29) is 11.9 Å². The number of likely N-dealkylation sites (tertiary alicyclic amines) is 1. The molecule has 2 heterocycles. The molecule has 1 atom stereocenters. The molecule has 0 radical (unpaired) electrons. The molecule has 0 bridgehead atoms. The molecule has 24 heavy (non-hydrogen) atoms. The van der Waals surface area contributed by atoms with Gasteiger partial charge in [-0.1, -0.05) is 12.1 Å². The Labute approximate surface area is 143 Å². The van der Waals surface area contributed by atoms with E-state index < -0.39 is 10.0 Å². The van der Waals surface area contributed by atoms with Crippen molar-refractivity contribution in [1.29, 1.82) is 0 Å². The third-order valence-electron chi connectivity index (χ3n) is 4.83. The average Bonchev–Trinajstić information content (AvgIpc) is 3.08. The summed E-state index contributed by atoms with van der Waals surface area (Å²) in [4.78, 5) is 14.6. The molecule has 132 valence electrons. The van der Waals surface area contributed by atoms with E-state index in [2.05, 4.69) is 16.1 Å². The van der Waals surface area contributed by atoms with E-state index in [1.165, 1.54) is 11.8 Å². The number of nitrogens with one attached hydrogen (secondary N) is 2. The summed E-state index contributed by atoms with van der Waals surface area (Å²) in [6.45, 7) is 3.17. The smallest absolute Gasteiger partial charge is 0.253 e. The molecule has 1 aromatic rings. The maximum Gasteiger partial charge on any atom is 0.253 e. The molecule has 2 aliphatic rings. The first kappa shape index (κ1) is 17.4. The molecule has 0 aliphatic carbocycles. The summed E-state index contributed by atoms with van der Waals surface area (Å²) in [7, 11) is -3.19. The molecular formula is C17H25N3O3S. The van der Waals surface area contributed by atoms with E-state index in [9.17, 15) is 13.2 Å². The SMILES string of the molecule is CS(=O)(=O)NC1CCN(C(=O)c2cccc(C3CCNC3)c2)CC1. The van der Waals surface area contributed by atoms with Crippen molar-refractivity contribution in [3.8, 4) is 0 Å². The summed E-state index contributed by atoms with van der Waals surface area (Å²) < 4.78 is 25.2. The Balaban J connectivity index is 1.62. The van der Waals surface area contributed by atoms with Crippen molar-refractivity contribution in [2.45, 2.75) is 31.2 Å². The number of amides is 1. The van der Waals surface area contributed by atoms with E-state index in [1.807, 2.05) is 23.1 Å². The second-order valence-electron chi connectivity index (χ2n) is 6.77. The van der Waals surface area contributed by atoms with Crippen molar-refractivity contribution >= 4 is 15.9 Å². The number of carbonyl (C=O) groups is 1. The lowest BCUT2D eigenvalue weighted by Crippen LogP contribution is -2.46. The number of sulfonamides is 1. The van der Waals surface area contributed by atoms with Crippen LogP contribution >= 0.6 is 0 Å². The second kappa shape index (κ2) is 7.21. The quantitative estimate of drug-likeness (QED) is 0.845. The molecule has 1 amide bonds. The summed E-state index contributed by atoms with van der Waals surface area (Å²) in [5.41, 5.74) is 1.95. The lowest BCUT2D eigenvalue weighted by atomic mass is 9.96. The highest BCUT2D eigenvalue weighted by Crippen LogP contribution is 2.24. The molecule has 7 heteroatoms. The number of hydrogen-bond donors (Lipinski definition) is 2. The number of piperidine rings is 1. The molecule has 2 N–H and O–H groups in total. The summed E-state index contributed by atoms with van der Waals surface area (Å²) in [6, 6.07) is 7.87. The molecular weight excluding hydrogens is 326 g/mol. The van der Waals surface area contributed by atoms with Gasteiger partial charge in [-0.25, -0.2) is 13.1 Å². The van der Waals surface area contributed by atoms with Gasteiger partial charge in [-0.3, -0.25) is 4.79 Å². The van der Waals surface area contributed by atoms with Crippen molar-refractivity contribution in [1.82, 2.24) is 14.9 Å². The van der Waals surface area contributed by atoms with Gasteiger partial charge in [0.15, 0.2) is 0 Å². The van der Waals surface area contributed by atoms with Crippen LogP contribution in [0.15, 0.2) is 24.3 Å². The van der Waals surface area contributed by atoms with Gasteiger partial charge < -0.3 is 10.2 Å². The zero-order chi connectivity index (χ0) is 17.2. The molecule has 0 spiro atoms. The van der Waals surface area contributed by atoms with Crippen molar-refractivity contribution < 1.29 is 13.2 Å². The molecule has 1 aromatic carbocycles. The van der Waals surface area contributed by atoms with Crippen molar-refractivity contribution in [2.24, 2.45) is 0 Å². The van der Waals surface area contributed by atoms with Crippen LogP contribution < -0.4 is 10.0 Å². The number of hydrogen-bond acceptors (Lipinski definition) is 4. The van der Waals surface area contributed by atoms with Gasteiger partial charge in [-0.05, 0) is 49.4 Å². The van der Waals surface area contributed by atoms with Gasteiger partial charge in [0.2, 0.25) is 10.0 Å². The van der Waals surface area contributed by atoms with E-state index in [4.69, 9.17) is 0 Å². The summed E-state index contributed by atoms with van der Waals surface area (Å²) in [5.74, 6) is 0.531. The number of rotatable bonds is 4. The van der Waals surface area contributed by atoms with E-state index >= 15 is 0 Å². The molecule has 3 rings (SSSR count). The third kappa shape index (κ3) is 4.34. The Morgan fingerprint density at radius 2 is 2.00 bits per heavy atom. The Hall–Kier alpha value is -1.44. The van der Waals surface area contributed by atoms with E-state index in [1.54, 1.807) is 0 Å². The van der Waals surface area contributed by atoms with Crippen molar-refractivity contribution in [2.75, 3.05) is 32.4 Å². The van der Waals surface area contributed by atoms with Gasteiger partial charge in [0.25, 0.3) is 5.91 Å². The minimum absolute atomic E-state index is 0.0422. The third-order valence-corrected chi connectivity index (χ3v) is 5.59. The van der Waals surface area contributed by atoms with Crippen LogP contribution in [0.4, 0.5) is 0 Å². The highest BCUT2D eigenvalue weighted by Gasteiger charge is 2.26. The van der Waals surface area contributed by atoms with Gasteiger partial charge in [-0.2, -0.15) is 0 Å². The topological polar surface area (TPSA) is 78.5 Å². The first-order valence-corrected chi connectivity index (χ1v) is 10.4. The molecule has 2 fully saturated rings. The average molecular weight is 351 g/mol. The van der Waals surface area contributed by atoms with Crippen LogP contribution in [0.3, 0.4) is 0 Å². The Morgan fingerprint density at radius 1 is 1.25 bits per heavy atom. The zero-order valence-electron chi connectivity index (χ0n) is 14.0. The first-order chi connectivity index (χ1) is 11.4. The maximum absolute atomic E-state index is 12.7. The number of carbonyl (C=O) groups excluding carboxylic acids is 1. The van der Waals surface area contributed by atoms with Crippen molar-refractivity contribution in [3.63, 3.8) is 0 Å². The molecule has 1 unspecified atom stereocenters. The van der Waals surface area contributed by atoms with Gasteiger partial charge in [-0.15, -0.1) is 0 Å². The normalized spacial score (nSPS) is 22.7. The maximum atomic E-state index is 12.7. The van der Waals surface area contributed by atoms with Crippen LogP contribution in [0, 0.1) is 0 Å². The van der Waals surface area contributed by atoms with E-state index in [0.29, 0.717) is 31.8 Å². The summed E-state index contributed by atoms with van der Waals surface area (Å²) in [6.07, 6.45) is 3.60. The summed E-state index contributed by atoms with van der Waals surface area (Å²) in [5, 5.41) is 3.35. The number of benzene rings is 1. The molecule has 2 aliphatic heterocycles. The molecule has 0 aromatic heterocycles. The lowest BCUT2D eigenvalue weighted by Gasteiger charge is -2.32. The van der Waals surface area contributed by atoms with Crippen LogP contribution in [0.1, 0.15) is 41.1 Å². The molecule has 0 saturated carbocycles. The van der Waals surface area contributed by atoms with Gasteiger partial charge in [0, 0.05) is 31.2 Å².